The van der Waals surface area contributed by atoms with Crippen LogP contribution in [0, 0.1) is 0 Å². The van der Waals surface area contributed by atoms with Gasteiger partial charge in [-0.05, 0) is 52.5 Å². The molecule has 1 N–H and O–H groups in total. The summed E-state index contributed by atoms with van der Waals surface area (Å²) in [5, 5.41) is 4.56. The summed E-state index contributed by atoms with van der Waals surface area (Å²) in [7, 11) is 2.00. The van der Waals surface area contributed by atoms with E-state index in [0.717, 1.165) is 13.0 Å². The van der Waals surface area contributed by atoms with Gasteiger partial charge < -0.3 is 10.2 Å². The van der Waals surface area contributed by atoms with Crippen LogP contribution in [0.3, 0.4) is 0 Å². The van der Waals surface area contributed by atoms with Crippen LogP contribution in [0.2, 0.25) is 0 Å². The Bertz CT molecular complexity index is 329. The number of thiazole rings is 1. The van der Waals surface area contributed by atoms with E-state index in [9.17, 15) is 0 Å². The summed E-state index contributed by atoms with van der Waals surface area (Å²) >= 11 is 1.92. The van der Waals surface area contributed by atoms with Crippen molar-refractivity contribution in [3.8, 4) is 0 Å². The number of rotatable bonds is 5. The van der Waals surface area contributed by atoms with Crippen LogP contribution in [0.5, 0.6) is 0 Å². The smallest absolute Gasteiger partial charge is 0.0959 e. The number of aromatic nitrogens is 1. The highest BCUT2D eigenvalue weighted by atomic mass is 32.1. The van der Waals surface area contributed by atoms with E-state index in [1.165, 1.54) is 42.4 Å². The lowest BCUT2D eigenvalue weighted by atomic mass is 9.98. The second kappa shape index (κ2) is 6.47. The fraction of sp³-hybridized carbons (Fsp3) is 0.769. The first-order valence-electron chi connectivity index (χ1n) is 6.65. The number of nitrogens with zero attached hydrogens (tertiary/aromatic N) is 2. The van der Waals surface area contributed by atoms with Crippen molar-refractivity contribution in [2.45, 2.75) is 32.1 Å². The van der Waals surface area contributed by atoms with Crippen molar-refractivity contribution >= 4 is 11.3 Å². The molecule has 0 atom stereocenters. The highest BCUT2D eigenvalue weighted by Gasteiger charge is 2.21. The Morgan fingerprint density at radius 3 is 2.88 bits per heavy atom. The molecule has 1 fully saturated rings. The minimum absolute atomic E-state index is 0.714. The van der Waals surface area contributed by atoms with Gasteiger partial charge in [0.05, 0.1) is 5.01 Å². The fourth-order valence-corrected chi connectivity index (χ4v) is 3.46. The molecule has 0 unspecified atom stereocenters. The van der Waals surface area contributed by atoms with E-state index in [-0.39, 0.29) is 0 Å². The number of likely N-dealkylation sites (N-methyl/N-ethyl adjacent to an activating group) is 1. The second-order valence-electron chi connectivity index (χ2n) is 4.73. The minimum atomic E-state index is 0.714. The zero-order valence-corrected chi connectivity index (χ0v) is 11.7. The molecule has 0 saturated carbocycles. The predicted molar refractivity (Wildman–Crippen MR) is 73.8 cm³/mol. The maximum atomic E-state index is 4.62. The van der Waals surface area contributed by atoms with Gasteiger partial charge in [0.1, 0.15) is 0 Å². The van der Waals surface area contributed by atoms with E-state index < -0.39 is 0 Å². The van der Waals surface area contributed by atoms with Gasteiger partial charge >= 0.3 is 0 Å². The molecule has 0 aromatic carbocycles. The van der Waals surface area contributed by atoms with Crippen molar-refractivity contribution in [2.24, 2.45) is 0 Å². The molecule has 1 aromatic heterocycles. The number of nitrogens with one attached hydrogen (secondary N) is 1. The lowest BCUT2D eigenvalue weighted by Gasteiger charge is -2.29. The molecular formula is C13H23N3S. The molecule has 1 aromatic rings. The molecule has 0 radical (unpaired) electrons. The van der Waals surface area contributed by atoms with Gasteiger partial charge in [-0.15, -0.1) is 11.3 Å². The maximum Gasteiger partial charge on any atom is 0.0959 e. The van der Waals surface area contributed by atoms with Gasteiger partial charge in [0.15, 0.2) is 0 Å². The molecule has 1 saturated heterocycles. The number of hydrogen-bond acceptors (Lipinski definition) is 4. The maximum absolute atomic E-state index is 4.62. The van der Waals surface area contributed by atoms with Crippen molar-refractivity contribution in [2.75, 3.05) is 33.2 Å². The van der Waals surface area contributed by atoms with Crippen LogP contribution in [-0.2, 0) is 6.42 Å². The van der Waals surface area contributed by atoms with Crippen LogP contribution in [-0.4, -0.2) is 43.1 Å². The molecule has 1 aliphatic rings. The van der Waals surface area contributed by atoms with Gasteiger partial charge in [0.25, 0.3) is 0 Å². The summed E-state index contributed by atoms with van der Waals surface area (Å²) in [6.07, 6.45) is 5.76. The normalized spacial score (nSPS) is 18.7. The summed E-state index contributed by atoms with van der Waals surface area (Å²) in [6, 6.07) is 0. The van der Waals surface area contributed by atoms with Gasteiger partial charge in [-0.1, -0.05) is 6.92 Å². The van der Waals surface area contributed by atoms with Crippen molar-refractivity contribution in [3.63, 3.8) is 0 Å². The van der Waals surface area contributed by atoms with Crippen LogP contribution in [0.25, 0.3) is 0 Å². The zero-order valence-electron chi connectivity index (χ0n) is 10.9. The topological polar surface area (TPSA) is 28.2 Å². The second-order valence-corrected chi connectivity index (χ2v) is 5.87. The van der Waals surface area contributed by atoms with E-state index in [0.29, 0.717) is 5.92 Å². The summed E-state index contributed by atoms with van der Waals surface area (Å²) in [5.41, 5.74) is 0. The van der Waals surface area contributed by atoms with Crippen molar-refractivity contribution in [1.82, 2.24) is 15.2 Å². The average molecular weight is 253 g/mol. The third kappa shape index (κ3) is 3.50. The lowest BCUT2D eigenvalue weighted by molar-refractivity contribution is 0.222. The monoisotopic (exact) mass is 253 g/mol. The Kier molecular flexibility index (Phi) is 4.95. The molecule has 96 valence electrons. The molecule has 0 aliphatic carbocycles. The van der Waals surface area contributed by atoms with Gasteiger partial charge in [-0.3, -0.25) is 0 Å². The first-order chi connectivity index (χ1) is 8.33. The lowest BCUT2D eigenvalue weighted by Crippen LogP contribution is -2.32. The molecule has 0 bridgehead atoms. The summed E-state index contributed by atoms with van der Waals surface area (Å²) in [6.45, 7) is 6.98. The molecular weight excluding hydrogens is 230 g/mol. The number of hydrogen-bond donors (Lipinski definition) is 1. The highest BCUT2D eigenvalue weighted by molar-refractivity contribution is 7.11. The van der Waals surface area contributed by atoms with Gasteiger partial charge in [-0.25, -0.2) is 4.98 Å². The third-order valence-electron chi connectivity index (χ3n) is 3.58. The van der Waals surface area contributed by atoms with Crippen LogP contribution in [0.1, 0.15) is 35.6 Å². The average Bonchev–Trinajstić information content (AvgIpc) is 2.85. The summed E-state index contributed by atoms with van der Waals surface area (Å²) < 4.78 is 0. The Labute approximate surface area is 108 Å². The van der Waals surface area contributed by atoms with Crippen molar-refractivity contribution < 1.29 is 0 Å². The molecule has 0 spiro atoms. The molecule has 3 nitrogen and oxygen atoms in total. The van der Waals surface area contributed by atoms with Crippen molar-refractivity contribution in [3.05, 3.63) is 16.1 Å². The van der Waals surface area contributed by atoms with Gasteiger partial charge in [-0.2, -0.15) is 0 Å². The first-order valence-corrected chi connectivity index (χ1v) is 7.46. The quantitative estimate of drug-likeness (QED) is 0.871. The van der Waals surface area contributed by atoms with E-state index in [4.69, 9.17) is 0 Å². The van der Waals surface area contributed by atoms with Gasteiger partial charge in [0.2, 0.25) is 0 Å². The van der Waals surface area contributed by atoms with Crippen LogP contribution >= 0.6 is 11.3 Å². The Hall–Kier alpha value is -0.450. The Morgan fingerprint density at radius 2 is 2.24 bits per heavy atom. The van der Waals surface area contributed by atoms with E-state index in [1.54, 1.807) is 0 Å². The van der Waals surface area contributed by atoms with Crippen LogP contribution in [0.4, 0.5) is 0 Å². The van der Waals surface area contributed by atoms with E-state index in [2.05, 4.69) is 28.3 Å². The predicted octanol–water partition coefficient (Wildman–Crippen LogP) is 2.10. The van der Waals surface area contributed by atoms with Crippen molar-refractivity contribution in [1.29, 1.82) is 0 Å². The van der Waals surface area contributed by atoms with Crippen LogP contribution < -0.4 is 5.32 Å². The Balaban J connectivity index is 1.87. The number of likely N-dealkylation sites (tertiary alicyclic amines) is 1. The molecule has 0 amide bonds. The molecule has 2 rings (SSSR count). The summed E-state index contributed by atoms with van der Waals surface area (Å²) in [5.74, 6) is 0.714. The van der Waals surface area contributed by atoms with Gasteiger partial charge in [0, 0.05) is 17.0 Å². The highest BCUT2D eigenvalue weighted by Crippen LogP contribution is 2.30. The number of piperidine rings is 1. The molecule has 2 heterocycles. The minimum Gasteiger partial charge on any atom is -0.319 e. The molecule has 4 heteroatoms. The van der Waals surface area contributed by atoms with E-state index in [1.807, 2.05) is 18.4 Å². The molecule has 17 heavy (non-hydrogen) atoms. The molecule has 1 aliphatic heterocycles. The first kappa shape index (κ1) is 13.0. The van der Waals surface area contributed by atoms with E-state index >= 15 is 0 Å². The Morgan fingerprint density at radius 1 is 1.47 bits per heavy atom. The third-order valence-corrected chi connectivity index (χ3v) is 4.80. The SMILES string of the molecule is CCN1CCC(c2ncc(CCNC)s2)CC1. The summed E-state index contributed by atoms with van der Waals surface area (Å²) in [4.78, 5) is 8.57. The largest absolute Gasteiger partial charge is 0.319 e. The van der Waals surface area contributed by atoms with Crippen LogP contribution in [0.15, 0.2) is 6.20 Å². The zero-order chi connectivity index (χ0) is 12.1. The fourth-order valence-electron chi connectivity index (χ4n) is 2.37. The standard InChI is InChI=1S/C13H23N3S/c1-3-16-8-5-11(6-9-16)13-15-10-12(17-13)4-7-14-2/h10-11,14H,3-9H2,1-2H3.